The molecule has 0 unspecified atom stereocenters. The largest absolute Gasteiger partial charge is 0.333 e. The number of nitrogens with one attached hydrogen (secondary N) is 1. The first-order valence-corrected chi connectivity index (χ1v) is 5.08. The molecule has 0 bridgehead atoms. The normalized spacial score (nSPS) is 12.9. The fourth-order valence-electron chi connectivity index (χ4n) is 0.896. The van der Waals surface area contributed by atoms with Crippen molar-refractivity contribution in [3.05, 3.63) is 23.9 Å². The molecule has 0 heterocycles. The summed E-state index contributed by atoms with van der Waals surface area (Å²) in [4.78, 5) is 10.7. The highest BCUT2D eigenvalue weighted by Gasteiger charge is 1.99. The Kier molecular flexibility index (Phi) is 5.93. The average molecular weight is 195 g/mol. The minimum Gasteiger partial charge on any atom is -0.333 e. The molecule has 0 atom stereocenters. The molecule has 1 amide bonds. The lowest BCUT2D eigenvalue weighted by atomic mass is 10.0. The number of amides is 1. The molecule has 0 aromatic carbocycles. The zero-order valence-electron chi connectivity index (χ0n) is 9.79. The summed E-state index contributed by atoms with van der Waals surface area (Å²) in [6, 6.07) is 0. The Balaban J connectivity index is 4.44. The fraction of sp³-hybridized carbons (Fsp3) is 0.583. The standard InChI is InChI=1S/C12H21NO/c1-9(2)6-7-12(10(3)4)8-13-11(5)14/h6-10H,1-5H3,(H,13,14)/b7-6+,12-8-. The number of carbonyl (C=O) groups is 1. The third-order valence-electron chi connectivity index (χ3n) is 1.78. The van der Waals surface area contributed by atoms with Gasteiger partial charge in [-0.25, -0.2) is 0 Å². The van der Waals surface area contributed by atoms with Crippen LogP contribution in [0, 0.1) is 11.8 Å². The maximum absolute atomic E-state index is 10.7. The van der Waals surface area contributed by atoms with Crippen LogP contribution in [0.4, 0.5) is 0 Å². The molecule has 0 rings (SSSR count). The molecular formula is C12H21NO. The van der Waals surface area contributed by atoms with Crippen molar-refractivity contribution in [1.82, 2.24) is 5.32 Å². The van der Waals surface area contributed by atoms with Gasteiger partial charge in [-0.15, -0.1) is 0 Å². The molecule has 14 heavy (non-hydrogen) atoms. The van der Waals surface area contributed by atoms with Crippen LogP contribution in [0.25, 0.3) is 0 Å². The summed E-state index contributed by atoms with van der Waals surface area (Å²) < 4.78 is 0. The van der Waals surface area contributed by atoms with Gasteiger partial charge in [-0.3, -0.25) is 4.79 Å². The molecule has 0 aliphatic heterocycles. The van der Waals surface area contributed by atoms with Crippen LogP contribution in [0.1, 0.15) is 34.6 Å². The van der Waals surface area contributed by atoms with Gasteiger partial charge in [0, 0.05) is 13.1 Å². The van der Waals surface area contributed by atoms with Crippen molar-refractivity contribution in [3.63, 3.8) is 0 Å². The van der Waals surface area contributed by atoms with Crippen molar-refractivity contribution in [1.29, 1.82) is 0 Å². The van der Waals surface area contributed by atoms with Crippen molar-refractivity contribution in [2.24, 2.45) is 11.8 Å². The quantitative estimate of drug-likeness (QED) is 0.687. The monoisotopic (exact) mass is 195 g/mol. The highest BCUT2D eigenvalue weighted by atomic mass is 16.1. The van der Waals surface area contributed by atoms with E-state index in [0.717, 1.165) is 5.57 Å². The molecule has 0 saturated heterocycles. The summed E-state index contributed by atoms with van der Waals surface area (Å²) in [5, 5.41) is 2.70. The molecule has 2 nitrogen and oxygen atoms in total. The molecule has 0 spiro atoms. The van der Waals surface area contributed by atoms with E-state index in [-0.39, 0.29) is 5.91 Å². The summed E-state index contributed by atoms with van der Waals surface area (Å²) >= 11 is 0. The first-order chi connectivity index (χ1) is 6.43. The second-order valence-electron chi connectivity index (χ2n) is 4.10. The Labute approximate surface area is 87.1 Å². The minimum atomic E-state index is -0.0268. The van der Waals surface area contributed by atoms with Crippen LogP contribution >= 0.6 is 0 Å². The van der Waals surface area contributed by atoms with E-state index in [4.69, 9.17) is 0 Å². The Morgan fingerprint density at radius 1 is 1.21 bits per heavy atom. The van der Waals surface area contributed by atoms with Gasteiger partial charge in [-0.1, -0.05) is 39.8 Å². The smallest absolute Gasteiger partial charge is 0.220 e. The molecule has 0 aromatic rings. The van der Waals surface area contributed by atoms with Crippen LogP contribution in [-0.4, -0.2) is 5.91 Å². The maximum Gasteiger partial charge on any atom is 0.220 e. The second kappa shape index (κ2) is 6.41. The van der Waals surface area contributed by atoms with E-state index in [0.29, 0.717) is 11.8 Å². The van der Waals surface area contributed by atoms with Crippen LogP contribution in [0.2, 0.25) is 0 Å². The average Bonchev–Trinajstić information content (AvgIpc) is 2.02. The van der Waals surface area contributed by atoms with Crippen molar-refractivity contribution in [3.8, 4) is 0 Å². The predicted octanol–water partition coefficient (Wildman–Crippen LogP) is 2.87. The third kappa shape index (κ3) is 6.46. The Hall–Kier alpha value is -1.05. The highest BCUT2D eigenvalue weighted by molar-refractivity contribution is 5.74. The number of hydrogen-bond acceptors (Lipinski definition) is 1. The first-order valence-electron chi connectivity index (χ1n) is 5.08. The second-order valence-corrected chi connectivity index (χ2v) is 4.10. The molecule has 0 fully saturated rings. The van der Waals surface area contributed by atoms with E-state index in [1.807, 2.05) is 0 Å². The fourth-order valence-corrected chi connectivity index (χ4v) is 0.896. The topological polar surface area (TPSA) is 29.1 Å². The molecule has 1 N–H and O–H groups in total. The highest BCUT2D eigenvalue weighted by Crippen LogP contribution is 2.11. The predicted molar refractivity (Wildman–Crippen MR) is 60.7 cm³/mol. The minimum absolute atomic E-state index is 0.0268. The van der Waals surface area contributed by atoms with Crippen LogP contribution in [0.15, 0.2) is 23.9 Å². The van der Waals surface area contributed by atoms with E-state index in [1.54, 1.807) is 6.20 Å². The molecule has 0 saturated carbocycles. The van der Waals surface area contributed by atoms with E-state index < -0.39 is 0 Å². The van der Waals surface area contributed by atoms with E-state index >= 15 is 0 Å². The molecule has 2 heteroatoms. The third-order valence-corrected chi connectivity index (χ3v) is 1.78. The van der Waals surface area contributed by atoms with Gasteiger partial charge < -0.3 is 5.32 Å². The molecule has 0 aliphatic rings. The van der Waals surface area contributed by atoms with E-state index in [9.17, 15) is 4.79 Å². The van der Waals surface area contributed by atoms with Gasteiger partial charge >= 0.3 is 0 Å². The number of carbonyl (C=O) groups excluding carboxylic acids is 1. The van der Waals surface area contributed by atoms with Gasteiger partial charge in [-0.2, -0.15) is 0 Å². The molecule has 0 radical (unpaired) electrons. The first kappa shape index (κ1) is 12.9. The Morgan fingerprint density at radius 2 is 1.79 bits per heavy atom. The molecular weight excluding hydrogens is 174 g/mol. The van der Waals surface area contributed by atoms with E-state index in [2.05, 4.69) is 45.2 Å². The van der Waals surface area contributed by atoms with Crippen LogP contribution in [-0.2, 0) is 4.79 Å². The number of rotatable bonds is 4. The zero-order chi connectivity index (χ0) is 11.1. The number of allylic oxidation sites excluding steroid dienone is 3. The summed E-state index contributed by atoms with van der Waals surface area (Å²) in [5.41, 5.74) is 1.15. The maximum atomic E-state index is 10.7. The molecule has 0 aliphatic carbocycles. The number of hydrogen-bond donors (Lipinski definition) is 1. The summed E-state index contributed by atoms with van der Waals surface area (Å²) in [7, 11) is 0. The van der Waals surface area contributed by atoms with Crippen LogP contribution in [0.5, 0.6) is 0 Å². The Bertz CT molecular complexity index is 237. The Morgan fingerprint density at radius 3 is 2.14 bits per heavy atom. The lowest BCUT2D eigenvalue weighted by Crippen LogP contribution is -2.13. The summed E-state index contributed by atoms with van der Waals surface area (Å²) in [6.07, 6.45) is 5.99. The van der Waals surface area contributed by atoms with Crippen LogP contribution in [0.3, 0.4) is 0 Å². The zero-order valence-corrected chi connectivity index (χ0v) is 9.79. The van der Waals surface area contributed by atoms with Crippen molar-refractivity contribution < 1.29 is 4.79 Å². The van der Waals surface area contributed by atoms with Crippen LogP contribution < -0.4 is 5.32 Å². The van der Waals surface area contributed by atoms with Gasteiger partial charge in [0.15, 0.2) is 0 Å². The van der Waals surface area contributed by atoms with Gasteiger partial charge in [0.25, 0.3) is 0 Å². The SMILES string of the molecule is CC(=O)N/C=C(/C=C/C(C)C)C(C)C. The van der Waals surface area contributed by atoms with Gasteiger partial charge in [0.2, 0.25) is 5.91 Å². The van der Waals surface area contributed by atoms with Crippen molar-refractivity contribution in [2.75, 3.05) is 0 Å². The lowest BCUT2D eigenvalue weighted by molar-refractivity contribution is -0.118. The van der Waals surface area contributed by atoms with Gasteiger partial charge in [-0.05, 0) is 17.4 Å². The molecule has 0 aromatic heterocycles. The summed E-state index contributed by atoms with van der Waals surface area (Å²) in [5.74, 6) is 0.937. The molecule has 80 valence electrons. The lowest BCUT2D eigenvalue weighted by Gasteiger charge is -2.07. The van der Waals surface area contributed by atoms with Gasteiger partial charge in [0.1, 0.15) is 0 Å². The summed E-state index contributed by atoms with van der Waals surface area (Å²) in [6.45, 7) is 10.00. The van der Waals surface area contributed by atoms with Crippen molar-refractivity contribution >= 4 is 5.91 Å². The van der Waals surface area contributed by atoms with Gasteiger partial charge in [0.05, 0.1) is 0 Å². The van der Waals surface area contributed by atoms with Crippen molar-refractivity contribution in [2.45, 2.75) is 34.6 Å². The van der Waals surface area contributed by atoms with E-state index in [1.165, 1.54) is 6.92 Å².